The van der Waals surface area contributed by atoms with Crippen molar-refractivity contribution in [3.05, 3.63) is 283 Å². The van der Waals surface area contributed by atoms with Crippen molar-refractivity contribution in [1.82, 2.24) is 9.13 Å². The Hall–Kier alpha value is -9.12. The van der Waals surface area contributed by atoms with Crippen LogP contribution in [-0.2, 0) is 0 Å². The highest BCUT2D eigenvalue weighted by Crippen LogP contribution is 2.49. The Balaban J connectivity index is 0.692. The van der Waals surface area contributed by atoms with Gasteiger partial charge in [-0.05, 0) is 161 Å². The Morgan fingerprint density at radius 1 is 0.342 bits per heavy atom. The van der Waals surface area contributed by atoms with Crippen LogP contribution in [0.1, 0.15) is 31.2 Å². The molecule has 8 aromatic carbocycles. The average molecular weight is 975 g/mol. The number of benzene rings is 8. The molecule has 76 heavy (non-hydrogen) atoms. The molecule has 4 atom stereocenters. The van der Waals surface area contributed by atoms with Crippen LogP contribution in [0.2, 0.25) is 0 Å². The molecule has 362 valence electrons. The summed E-state index contributed by atoms with van der Waals surface area (Å²) in [7, 11) is 0. The fraction of sp³-hybridized carbons (Fsp3) is 0.111. The molecule has 0 radical (unpaired) electrons. The van der Waals surface area contributed by atoms with E-state index in [9.17, 15) is 0 Å². The Bertz CT molecular complexity index is 4260. The van der Waals surface area contributed by atoms with Gasteiger partial charge in [0.1, 0.15) is 0 Å². The fourth-order valence-electron chi connectivity index (χ4n) is 13.9. The van der Waals surface area contributed by atoms with Gasteiger partial charge in [-0.15, -0.1) is 0 Å². The number of allylic oxidation sites excluding steroid dienone is 8. The molecule has 4 heteroatoms. The Morgan fingerprint density at radius 2 is 0.829 bits per heavy atom. The molecule has 16 rings (SSSR count). The summed E-state index contributed by atoms with van der Waals surface area (Å²) in [5.41, 5.74) is 23.0. The van der Waals surface area contributed by atoms with Gasteiger partial charge in [0.2, 0.25) is 0 Å². The zero-order valence-corrected chi connectivity index (χ0v) is 42.2. The van der Waals surface area contributed by atoms with E-state index in [1.807, 2.05) is 0 Å². The summed E-state index contributed by atoms with van der Waals surface area (Å²) in [5.74, 6) is 0.767. The Kier molecular flexibility index (Phi) is 9.81. The molecule has 0 fully saturated rings. The smallest absolute Gasteiger partial charge is 0.0626 e. The van der Waals surface area contributed by atoms with Gasteiger partial charge in [-0.1, -0.05) is 164 Å². The number of hydrogen-bond acceptors (Lipinski definition) is 2. The van der Waals surface area contributed by atoms with Crippen LogP contribution in [0.5, 0.6) is 0 Å². The van der Waals surface area contributed by atoms with Crippen molar-refractivity contribution < 1.29 is 0 Å². The van der Waals surface area contributed by atoms with E-state index in [1.54, 1.807) is 11.1 Å². The quantitative estimate of drug-likeness (QED) is 0.158. The summed E-state index contributed by atoms with van der Waals surface area (Å²) in [6.45, 7) is 0. The third-order valence-electron chi connectivity index (χ3n) is 17.3. The van der Waals surface area contributed by atoms with Crippen LogP contribution in [-0.4, -0.2) is 21.2 Å². The van der Waals surface area contributed by atoms with Crippen molar-refractivity contribution in [3.8, 4) is 33.6 Å². The van der Waals surface area contributed by atoms with Crippen molar-refractivity contribution in [2.45, 2.75) is 37.8 Å². The van der Waals surface area contributed by atoms with Gasteiger partial charge < -0.3 is 18.9 Å². The van der Waals surface area contributed by atoms with E-state index >= 15 is 0 Å². The molecule has 10 aromatic rings. The van der Waals surface area contributed by atoms with Crippen LogP contribution in [0.3, 0.4) is 0 Å². The molecular weight excluding hydrogens is 921 g/mol. The van der Waals surface area contributed by atoms with E-state index < -0.39 is 0 Å². The second kappa shape index (κ2) is 17.2. The Labute approximate surface area is 443 Å². The fourth-order valence-corrected chi connectivity index (χ4v) is 13.9. The van der Waals surface area contributed by atoms with Crippen molar-refractivity contribution in [2.24, 2.45) is 11.8 Å². The number of fused-ring (bicyclic) bond motifs is 10. The van der Waals surface area contributed by atoms with Crippen molar-refractivity contribution in [1.29, 1.82) is 0 Å². The summed E-state index contributed by atoms with van der Waals surface area (Å²) in [6, 6.07) is 70.7. The molecule has 4 unspecified atom stereocenters. The monoisotopic (exact) mass is 974 g/mol. The van der Waals surface area contributed by atoms with Gasteiger partial charge in [-0.3, -0.25) is 0 Å². The first-order valence-corrected chi connectivity index (χ1v) is 27.3. The lowest BCUT2D eigenvalue weighted by Crippen LogP contribution is -2.32. The van der Waals surface area contributed by atoms with Crippen LogP contribution in [0.4, 0.5) is 11.4 Å². The molecule has 2 aromatic heterocycles. The first-order chi connectivity index (χ1) is 37.7. The number of anilines is 2. The number of hydrogen-bond donors (Lipinski definition) is 0. The molecule has 4 heterocycles. The van der Waals surface area contributed by atoms with E-state index in [-0.39, 0.29) is 6.04 Å². The van der Waals surface area contributed by atoms with E-state index in [0.717, 1.165) is 37.1 Å². The van der Waals surface area contributed by atoms with E-state index in [4.69, 9.17) is 0 Å². The molecule has 4 nitrogen and oxygen atoms in total. The highest BCUT2D eigenvalue weighted by atomic mass is 15.2. The minimum absolute atomic E-state index is 0.225. The normalized spacial score (nSPS) is 20.3. The molecular formula is C72H54N4. The van der Waals surface area contributed by atoms with Crippen molar-refractivity contribution in [2.75, 3.05) is 9.80 Å². The summed E-state index contributed by atoms with van der Waals surface area (Å²) in [5, 5.41) is 5.07. The second-order valence-electron chi connectivity index (χ2n) is 21.4. The third-order valence-corrected chi connectivity index (χ3v) is 17.3. The van der Waals surface area contributed by atoms with Crippen LogP contribution < -0.4 is 9.80 Å². The summed E-state index contributed by atoms with van der Waals surface area (Å²) in [4.78, 5) is 5.15. The lowest BCUT2D eigenvalue weighted by molar-refractivity contribution is 0.658. The molecule has 0 bridgehead atoms. The molecule has 6 aliphatic rings. The number of para-hydroxylation sites is 3. The van der Waals surface area contributed by atoms with E-state index in [0.29, 0.717) is 17.9 Å². The predicted molar refractivity (Wildman–Crippen MR) is 318 cm³/mol. The first kappa shape index (κ1) is 43.3. The molecule has 2 aliphatic heterocycles. The maximum atomic E-state index is 2.59. The standard InChI is InChI=1S/C72H54N4/c1-7-25-65-57(19-1)58-20-2-8-26-66(58)73(65)53-37-31-47(32-38-53)48-33-39-54(40-34-48)74-69-29-11-5-23-61(69)63-45-51(35-41-71(63)74)52-36-42-72-64(46-52)62-24-6-12-30-70(62)76(72)56-18-14-16-50(44-56)49-15-13-17-55(43-49)75-67-27-9-3-21-59(67)60-22-4-10-28-68(60)75/h1,3-4,6-19,21-22,24-46,57,63,65,71H,2,5,20,23H2. The third kappa shape index (κ3) is 6.69. The van der Waals surface area contributed by atoms with Gasteiger partial charge >= 0.3 is 0 Å². The molecule has 0 spiro atoms. The minimum Gasteiger partial charge on any atom is -0.334 e. The molecule has 0 N–H and O–H groups in total. The maximum absolute atomic E-state index is 2.59. The topological polar surface area (TPSA) is 16.3 Å². The number of nitrogens with zero attached hydrogens (tertiary/aromatic N) is 4. The number of aromatic nitrogens is 2. The second-order valence-corrected chi connectivity index (χ2v) is 21.4. The SMILES string of the molecule is C1=CC2C3=C(C=CCC3)N(c3ccc(-c4ccc(N5C6=C(CCC=C6)C6C=C(c7ccc8c(c7)c7ccccc7n8-c7cccc(-c8cccc(-n9c%10ccccc%10c%10ccccc%109)c8)c7)C=CC65)cc4)cc3)C2C=C1. The summed E-state index contributed by atoms with van der Waals surface area (Å²) in [6.07, 6.45) is 30.5. The Morgan fingerprint density at radius 3 is 1.41 bits per heavy atom. The molecule has 4 aliphatic carbocycles. The minimum atomic E-state index is 0.225. The number of rotatable bonds is 7. The van der Waals surface area contributed by atoms with Gasteiger partial charge in [0, 0.05) is 67.5 Å². The zero-order chi connectivity index (χ0) is 49.8. The molecule has 0 saturated heterocycles. The summed E-state index contributed by atoms with van der Waals surface area (Å²) < 4.78 is 4.85. The zero-order valence-electron chi connectivity index (χ0n) is 42.2. The van der Waals surface area contributed by atoms with Gasteiger partial charge in [0.15, 0.2) is 0 Å². The van der Waals surface area contributed by atoms with Gasteiger partial charge in [0.25, 0.3) is 0 Å². The lowest BCUT2D eigenvalue weighted by atomic mass is 9.83. The first-order valence-electron chi connectivity index (χ1n) is 27.3. The lowest BCUT2D eigenvalue weighted by Gasteiger charge is -2.31. The average Bonchev–Trinajstić information content (AvgIpc) is 4.29. The van der Waals surface area contributed by atoms with Crippen LogP contribution in [0, 0.1) is 11.8 Å². The van der Waals surface area contributed by atoms with Crippen LogP contribution >= 0.6 is 0 Å². The van der Waals surface area contributed by atoms with E-state index in [2.05, 4.69) is 274 Å². The van der Waals surface area contributed by atoms with Crippen molar-refractivity contribution >= 4 is 60.6 Å². The van der Waals surface area contributed by atoms with E-state index in [1.165, 1.54) is 99.8 Å². The van der Waals surface area contributed by atoms with Gasteiger partial charge in [-0.2, -0.15) is 0 Å². The predicted octanol–water partition coefficient (Wildman–Crippen LogP) is 17.8. The highest BCUT2D eigenvalue weighted by molar-refractivity contribution is 6.11. The van der Waals surface area contributed by atoms with Crippen molar-refractivity contribution in [3.63, 3.8) is 0 Å². The van der Waals surface area contributed by atoms with Gasteiger partial charge in [0.05, 0.1) is 34.2 Å². The molecule has 0 amide bonds. The largest absolute Gasteiger partial charge is 0.334 e. The van der Waals surface area contributed by atoms with Crippen LogP contribution in [0.15, 0.2) is 277 Å². The molecule has 0 saturated carbocycles. The van der Waals surface area contributed by atoms with Crippen LogP contribution in [0.25, 0.3) is 82.8 Å². The maximum Gasteiger partial charge on any atom is 0.0626 e. The van der Waals surface area contributed by atoms with Gasteiger partial charge in [-0.25, -0.2) is 0 Å². The highest BCUT2D eigenvalue weighted by Gasteiger charge is 2.41. The summed E-state index contributed by atoms with van der Waals surface area (Å²) >= 11 is 0.